The summed E-state index contributed by atoms with van der Waals surface area (Å²) >= 11 is 7.29. The first kappa shape index (κ1) is 13.3. The molecule has 88 valence electrons. The van der Waals surface area contributed by atoms with Crippen LogP contribution in [-0.4, -0.2) is 21.8 Å². The Morgan fingerprint density at radius 2 is 2.25 bits per heavy atom. The van der Waals surface area contributed by atoms with E-state index in [4.69, 9.17) is 16.7 Å². The Bertz CT molecular complexity index is 371. The van der Waals surface area contributed by atoms with Crippen LogP contribution in [0.4, 0.5) is 0 Å². The van der Waals surface area contributed by atoms with Gasteiger partial charge in [-0.1, -0.05) is 31.4 Å². The molecule has 0 spiro atoms. The number of aromatic carboxylic acids is 1. The minimum absolute atomic E-state index is 0.0674. The molecule has 1 aromatic rings. The fourth-order valence-corrected chi connectivity index (χ4v) is 2.25. The lowest BCUT2D eigenvalue weighted by molar-refractivity contribution is 0.0690. The number of pyridine rings is 1. The van der Waals surface area contributed by atoms with E-state index in [1.807, 2.05) is 0 Å². The van der Waals surface area contributed by atoms with Crippen molar-refractivity contribution in [2.24, 2.45) is 0 Å². The summed E-state index contributed by atoms with van der Waals surface area (Å²) in [5.41, 5.74) is -0.0674. The van der Waals surface area contributed by atoms with E-state index in [0.717, 1.165) is 17.2 Å². The second-order valence-corrected chi connectivity index (χ2v) is 4.86. The normalized spacial score (nSPS) is 10.4. The molecular weight excluding hydrogens is 246 g/mol. The van der Waals surface area contributed by atoms with Crippen LogP contribution in [0.15, 0.2) is 17.2 Å². The third-order valence-corrected chi connectivity index (χ3v) is 3.34. The van der Waals surface area contributed by atoms with Gasteiger partial charge in [0.05, 0.1) is 10.0 Å². The summed E-state index contributed by atoms with van der Waals surface area (Å²) in [7, 11) is 0. The number of nitrogens with zero attached hydrogens (tertiary/aromatic N) is 1. The zero-order valence-electron chi connectivity index (χ0n) is 9.07. The minimum Gasteiger partial charge on any atom is -0.476 e. The molecule has 1 aromatic heterocycles. The third-order valence-electron chi connectivity index (χ3n) is 2.02. The lowest BCUT2D eigenvalue weighted by atomic mass is 10.3. The minimum atomic E-state index is -1.08. The summed E-state index contributed by atoms with van der Waals surface area (Å²) in [4.78, 5) is 14.8. The lowest BCUT2D eigenvalue weighted by Gasteiger charge is -2.03. The summed E-state index contributed by atoms with van der Waals surface area (Å²) in [6.45, 7) is 2.15. The largest absolute Gasteiger partial charge is 0.476 e. The summed E-state index contributed by atoms with van der Waals surface area (Å²) in [6, 6.07) is 3.34. The van der Waals surface area contributed by atoms with Crippen molar-refractivity contribution in [2.45, 2.75) is 31.2 Å². The average molecular weight is 260 g/mol. The molecule has 5 heteroatoms. The van der Waals surface area contributed by atoms with E-state index in [1.54, 1.807) is 23.9 Å². The fourth-order valence-electron chi connectivity index (χ4n) is 1.18. The van der Waals surface area contributed by atoms with Crippen LogP contribution in [0.3, 0.4) is 0 Å². The first-order valence-electron chi connectivity index (χ1n) is 5.17. The highest BCUT2D eigenvalue weighted by atomic mass is 35.5. The van der Waals surface area contributed by atoms with Crippen molar-refractivity contribution in [3.05, 3.63) is 22.8 Å². The van der Waals surface area contributed by atoms with Gasteiger partial charge in [0.2, 0.25) is 0 Å². The number of hydrogen-bond donors (Lipinski definition) is 1. The van der Waals surface area contributed by atoms with Gasteiger partial charge in [-0.15, -0.1) is 11.8 Å². The van der Waals surface area contributed by atoms with E-state index in [2.05, 4.69) is 11.9 Å². The van der Waals surface area contributed by atoms with Crippen molar-refractivity contribution in [3.63, 3.8) is 0 Å². The molecule has 0 amide bonds. The number of carboxylic acids is 1. The molecule has 0 saturated carbocycles. The number of thioether (sulfide) groups is 1. The maximum absolute atomic E-state index is 10.8. The van der Waals surface area contributed by atoms with Crippen LogP contribution in [0.2, 0.25) is 5.02 Å². The molecule has 0 fully saturated rings. The van der Waals surface area contributed by atoms with Gasteiger partial charge in [0, 0.05) is 0 Å². The molecule has 0 aliphatic rings. The van der Waals surface area contributed by atoms with Crippen LogP contribution < -0.4 is 0 Å². The maximum atomic E-state index is 10.8. The Kier molecular flexibility index (Phi) is 5.63. The molecule has 1 N–H and O–H groups in total. The standard InChI is InChI=1S/C11H14ClNO2S/c1-2-3-4-7-16-9-6-5-8(12)10(13-9)11(14)15/h5-6H,2-4,7H2,1H3,(H,14,15). The van der Waals surface area contributed by atoms with Gasteiger partial charge in [-0.25, -0.2) is 9.78 Å². The molecule has 0 bridgehead atoms. The number of rotatable bonds is 6. The molecule has 1 heterocycles. The number of halogens is 1. The van der Waals surface area contributed by atoms with Crippen LogP contribution in [-0.2, 0) is 0 Å². The molecule has 0 unspecified atom stereocenters. The average Bonchev–Trinajstić information content (AvgIpc) is 2.26. The number of hydrogen-bond acceptors (Lipinski definition) is 3. The highest BCUT2D eigenvalue weighted by Crippen LogP contribution is 2.22. The Hall–Kier alpha value is -0.740. The quantitative estimate of drug-likeness (QED) is 0.625. The topological polar surface area (TPSA) is 50.2 Å². The first-order chi connectivity index (χ1) is 7.65. The molecule has 3 nitrogen and oxygen atoms in total. The smallest absolute Gasteiger partial charge is 0.356 e. The van der Waals surface area contributed by atoms with Gasteiger partial charge >= 0.3 is 5.97 Å². The van der Waals surface area contributed by atoms with E-state index < -0.39 is 5.97 Å². The monoisotopic (exact) mass is 259 g/mol. The van der Waals surface area contributed by atoms with E-state index in [9.17, 15) is 4.79 Å². The Morgan fingerprint density at radius 1 is 1.50 bits per heavy atom. The van der Waals surface area contributed by atoms with Gasteiger partial charge in [0.25, 0.3) is 0 Å². The molecule has 0 radical (unpaired) electrons. The Labute approximate surface area is 104 Å². The molecule has 0 aliphatic carbocycles. The third kappa shape index (κ3) is 4.02. The summed E-state index contributed by atoms with van der Waals surface area (Å²) in [6.07, 6.45) is 3.48. The molecule has 0 aromatic carbocycles. The molecule has 0 aliphatic heterocycles. The van der Waals surface area contributed by atoms with Crippen molar-refractivity contribution < 1.29 is 9.90 Å². The molecule has 16 heavy (non-hydrogen) atoms. The molecular formula is C11H14ClNO2S. The molecule has 0 saturated heterocycles. The summed E-state index contributed by atoms with van der Waals surface area (Å²) in [5, 5.41) is 9.75. The molecule has 0 atom stereocenters. The number of carboxylic acid groups (broad SMARTS) is 1. The predicted octanol–water partition coefficient (Wildman–Crippen LogP) is 3.72. The van der Waals surface area contributed by atoms with Crippen LogP contribution in [0.5, 0.6) is 0 Å². The van der Waals surface area contributed by atoms with Crippen molar-refractivity contribution in [1.82, 2.24) is 4.98 Å². The van der Waals surface area contributed by atoms with Crippen LogP contribution in [0.25, 0.3) is 0 Å². The predicted molar refractivity (Wildman–Crippen MR) is 66.5 cm³/mol. The Balaban J connectivity index is 2.61. The number of aromatic nitrogens is 1. The van der Waals surface area contributed by atoms with Crippen LogP contribution in [0, 0.1) is 0 Å². The van der Waals surface area contributed by atoms with Gasteiger partial charge in [-0.05, 0) is 24.3 Å². The van der Waals surface area contributed by atoms with Gasteiger partial charge in [-0.2, -0.15) is 0 Å². The second kappa shape index (κ2) is 6.76. The number of carbonyl (C=O) groups is 1. The summed E-state index contributed by atoms with van der Waals surface area (Å²) < 4.78 is 0. The Morgan fingerprint density at radius 3 is 2.88 bits per heavy atom. The van der Waals surface area contributed by atoms with Crippen LogP contribution >= 0.6 is 23.4 Å². The first-order valence-corrected chi connectivity index (χ1v) is 6.54. The van der Waals surface area contributed by atoms with Gasteiger partial charge in [0.15, 0.2) is 5.69 Å². The van der Waals surface area contributed by atoms with E-state index in [1.165, 1.54) is 12.8 Å². The van der Waals surface area contributed by atoms with Gasteiger partial charge < -0.3 is 5.11 Å². The fraction of sp³-hybridized carbons (Fsp3) is 0.455. The number of unbranched alkanes of at least 4 members (excludes halogenated alkanes) is 2. The van der Waals surface area contributed by atoms with Crippen molar-refractivity contribution in [3.8, 4) is 0 Å². The van der Waals surface area contributed by atoms with E-state index in [-0.39, 0.29) is 10.7 Å². The lowest BCUT2D eigenvalue weighted by Crippen LogP contribution is -2.02. The SMILES string of the molecule is CCCCCSc1ccc(Cl)c(C(=O)O)n1. The van der Waals surface area contributed by atoms with Crippen LogP contribution in [0.1, 0.15) is 36.7 Å². The van der Waals surface area contributed by atoms with E-state index >= 15 is 0 Å². The molecule has 1 rings (SSSR count). The van der Waals surface area contributed by atoms with Crippen molar-refractivity contribution in [2.75, 3.05) is 5.75 Å². The van der Waals surface area contributed by atoms with Gasteiger partial charge in [-0.3, -0.25) is 0 Å². The maximum Gasteiger partial charge on any atom is 0.356 e. The highest BCUT2D eigenvalue weighted by molar-refractivity contribution is 7.99. The second-order valence-electron chi connectivity index (χ2n) is 3.34. The zero-order chi connectivity index (χ0) is 12.0. The van der Waals surface area contributed by atoms with Crippen molar-refractivity contribution >= 4 is 29.3 Å². The summed E-state index contributed by atoms with van der Waals surface area (Å²) in [5.74, 6) is -0.123. The van der Waals surface area contributed by atoms with E-state index in [0.29, 0.717) is 0 Å². The zero-order valence-corrected chi connectivity index (χ0v) is 10.6. The highest BCUT2D eigenvalue weighted by Gasteiger charge is 2.11. The van der Waals surface area contributed by atoms with Gasteiger partial charge in [0.1, 0.15) is 0 Å². The van der Waals surface area contributed by atoms with Crippen molar-refractivity contribution in [1.29, 1.82) is 0 Å².